The van der Waals surface area contributed by atoms with Crippen molar-refractivity contribution in [2.45, 2.75) is 6.92 Å². The lowest BCUT2D eigenvalue weighted by molar-refractivity contribution is -0.142. The highest BCUT2D eigenvalue weighted by atomic mass is 16.6. The molecule has 1 amide bonds. The van der Waals surface area contributed by atoms with Crippen molar-refractivity contribution in [2.75, 3.05) is 25.8 Å². The maximum Gasteiger partial charge on any atom is 0.343 e. The van der Waals surface area contributed by atoms with E-state index in [4.69, 9.17) is 9.47 Å². The zero-order valence-electron chi connectivity index (χ0n) is 15.8. The molecule has 0 unspecified atom stereocenters. The van der Waals surface area contributed by atoms with Gasteiger partial charge in [-0.25, -0.2) is 4.79 Å². The molecule has 1 aliphatic rings. The van der Waals surface area contributed by atoms with Crippen molar-refractivity contribution in [1.82, 2.24) is 0 Å². The van der Waals surface area contributed by atoms with Crippen molar-refractivity contribution in [3.63, 3.8) is 0 Å². The van der Waals surface area contributed by atoms with Gasteiger partial charge in [0.2, 0.25) is 0 Å². The minimum Gasteiger partial charge on any atom is -0.493 e. The monoisotopic (exact) mass is 380 g/mol. The highest BCUT2D eigenvalue weighted by molar-refractivity contribution is 6.32. The Kier molecular flexibility index (Phi) is 5.74. The van der Waals surface area contributed by atoms with Gasteiger partial charge in [0.05, 0.1) is 31.2 Å². The average molecular weight is 380 g/mol. The largest absolute Gasteiger partial charge is 0.493 e. The fourth-order valence-electron chi connectivity index (χ4n) is 2.68. The van der Waals surface area contributed by atoms with E-state index in [-0.39, 0.29) is 12.5 Å². The number of anilines is 1. The van der Waals surface area contributed by atoms with Gasteiger partial charge in [-0.05, 0) is 42.8 Å². The molecule has 0 bridgehead atoms. The number of ether oxygens (including phenoxy) is 3. The molecule has 7 nitrogen and oxygen atoms in total. The van der Waals surface area contributed by atoms with Crippen molar-refractivity contribution in [3.8, 4) is 11.5 Å². The number of rotatable bonds is 6. The highest BCUT2D eigenvalue weighted by Crippen LogP contribution is 2.30. The summed E-state index contributed by atoms with van der Waals surface area (Å²) in [6.07, 6.45) is 1.75. The van der Waals surface area contributed by atoms with Gasteiger partial charge in [-0.1, -0.05) is 24.3 Å². The minimum atomic E-state index is -0.488. The maximum atomic E-state index is 12.8. The van der Waals surface area contributed by atoms with Gasteiger partial charge in [0, 0.05) is 0 Å². The van der Waals surface area contributed by atoms with Crippen molar-refractivity contribution >= 4 is 29.4 Å². The molecule has 144 valence electrons. The highest BCUT2D eigenvalue weighted by Gasteiger charge is 2.28. The zero-order valence-corrected chi connectivity index (χ0v) is 15.8. The zero-order chi connectivity index (χ0) is 20.1. The Morgan fingerprint density at radius 2 is 1.86 bits per heavy atom. The normalized spacial score (nSPS) is 14.8. The second-order valence-electron chi connectivity index (χ2n) is 5.97. The number of nitrogens with zero attached hydrogens (tertiary/aromatic N) is 2. The first kappa shape index (κ1) is 19.2. The second-order valence-corrected chi connectivity index (χ2v) is 5.97. The van der Waals surface area contributed by atoms with Crippen molar-refractivity contribution in [1.29, 1.82) is 0 Å². The Balaban J connectivity index is 1.84. The van der Waals surface area contributed by atoms with E-state index in [0.29, 0.717) is 28.5 Å². The predicted octanol–water partition coefficient (Wildman–Crippen LogP) is 3.05. The molecule has 3 rings (SSSR count). The molecule has 7 heteroatoms. The molecule has 0 aliphatic carbocycles. The lowest BCUT2D eigenvalue weighted by Crippen LogP contribution is -2.21. The Labute approximate surface area is 162 Å². The van der Waals surface area contributed by atoms with Crippen LogP contribution in [0.2, 0.25) is 0 Å². The van der Waals surface area contributed by atoms with Crippen molar-refractivity contribution in [2.24, 2.45) is 5.10 Å². The van der Waals surface area contributed by atoms with Crippen LogP contribution in [-0.2, 0) is 14.3 Å². The van der Waals surface area contributed by atoms with Gasteiger partial charge in [-0.3, -0.25) is 4.79 Å². The summed E-state index contributed by atoms with van der Waals surface area (Å²) in [5.41, 5.74) is 2.57. The number of esters is 1. The van der Waals surface area contributed by atoms with Crippen LogP contribution in [0.25, 0.3) is 6.08 Å². The van der Waals surface area contributed by atoms with Crippen LogP contribution in [0, 0.1) is 0 Å². The van der Waals surface area contributed by atoms with E-state index < -0.39 is 5.97 Å². The molecule has 0 spiro atoms. The van der Waals surface area contributed by atoms with E-state index in [9.17, 15) is 9.59 Å². The van der Waals surface area contributed by atoms with E-state index in [0.717, 1.165) is 5.56 Å². The summed E-state index contributed by atoms with van der Waals surface area (Å²) in [6.45, 7) is 1.57. The summed E-state index contributed by atoms with van der Waals surface area (Å²) in [7, 11) is 2.79. The first-order chi connectivity index (χ1) is 13.5. The van der Waals surface area contributed by atoms with Crippen LogP contribution < -0.4 is 14.5 Å². The Morgan fingerprint density at radius 3 is 2.54 bits per heavy atom. The van der Waals surface area contributed by atoms with Gasteiger partial charge >= 0.3 is 5.97 Å². The number of methoxy groups -OCH3 is 2. The topological polar surface area (TPSA) is 77.4 Å². The summed E-state index contributed by atoms with van der Waals surface area (Å²) in [5.74, 6) is 0.161. The maximum absolute atomic E-state index is 12.8. The molecule has 0 atom stereocenters. The van der Waals surface area contributed by atoms with Crippen LogP contribution in [-0.4, -0.2) is 38.4 Å². The summed E-state index contributed by atoms with van der Waals surface area (Å²) >= 11 is 0. The first-order valence-electron chi connectivity index (χ1n) is 8.58. The number of hydrazone groups is 1. The number of amides is 1. The molecule has 0 radical (unpaired) electrons. The summed E-state index contributed by atoms with van der Waals surface area (Å²) in [5, 5.41) is 5.74. The van der Waals surface area contributed by atoms with E-state index in [1.807, 2.05) is 30.3 Å². The van der Waals surface area contributed by atoms with Gasteiger partial charge in [-0.15, -0.1) is 0 Å². The summed E-state index contributed by atoms with van der Waals surface area (Å²) in [4.78, 5) is 24.0. The Hall–Kier alpha value is -3.61. The first-order valence-corrected chi connectivity index (χ1v) is 8.58. The molecule has 0 saturated heterocycles. The standard InChI is InChI=1S/C21H20N2O5/c1-14-17(21(25)23(22-14)16-7-5-4-6-8-16)11-15-9-10-18(19(12-15)26-2)28-13-20(24)27-3/h4-12H,13H2,1-3H3/b17-11+. The van der Waals surface area contributed by atoms with Crippen LogP contribution in [0.3, 0.4) is 0 Å². The Morgan fingerprint density at radius 1 is 1.11 bits per heavy atom. The molecule has 0 aromatic heterocycles. The lowest BCUT2D eigenvalue weighted by atomic mass is 10.1. The smallest absolute Gasteiger partial charge is 0.343 e. The molecule has 2 aromatic rings. The fraction of sp³-hybridized carbons (Fsp3) is 0.190. The van der Waals surface area contributed by atoms with Crippen LogP contribution >= 0.6 is 0 Å². The number of hydrogen-bond donors (Lipinski definition) is 0. The molecular formula is C21H20N2O5. The number of para-hydroxylation sites is 1. The number of carbonyl (C=O) groups is 2. The quantitative estimate of drug-likeness (QED) is 0.569. The summed E-state index contributed by atoms with van der Waals surface area (Å²) < 4.78 is 15.3. The van der Waals surface area contributed by atoms with Gasteiger partial charge in [-0.2, -0.15) is 10.1 Å². The van der Waals surface area contributed by atoms with Crippen molar-refractivity contribution < 1.29 is 23.8 Å². The molecule has 1 aliphatic heterocycles. The van der Waals surface area contributed by atoms with Crippen LogP contribution in [0.15, 0.2) is 59.2 Å². The molecule has 0 saturated carbocycles. The molecule has 28 heavy (non-hydrogen) atoms. The predicted molar refractivity (Wildman–Crippen MR) is 106 cm³/mol. The van der Waals surface area contributed by atoms with E-state index >= 15 is 0 Å². The van der Waals surface area contributed by atoms with E-state index in [1.54, 1.807) is 31.2 Å². The Bertz CT molecular complexity index is 951. The lowest BCUT2D eigenvalue weighted by Gasteiger charge is -2.12. The average Bonchev–Trinajstić information content (AvgIpc) is 3.01. The molecule has 2 aromatic carbocycles. The van der Waals surface area contributed by atoms with Crippen LogP contribution in [0.5, 0.6) is 11.5 Å². The van der Waals surface area contributed by atoms with Gasteiger partial charge in [0.25, 0.3) is 5.91 Å². The van der Waals surface area contributed by atoms with Gasteiger partial charge in [0.1, 0.15) is 0 Å². The third kappa shape index (κ3) is 4.03. The van der Waals surface area contributed by atoms with Crippen LogP contribution in [0.4, 0.5) is 5.69 Å². The SMILES string of the molecule is COC(=O)COc1ccc(/C=C2/C(=O)N(c3ccccc3)N=C2C)cc1OC. The van der Waals surface area contributed by atoms with Crippen molar-refractivity contribution in [3.05, 3.63) is 59.7 Å². The molecule has 1 heterocycles. The number of hydrogen-bond acceptors (Lipinski definition) is 6. The second kappa shape index (κ2) is 8.39. The number of benzene rings is 2. The van der Waals surface area contributed by atoms with Crippen LogP contribution in [0.1, 0.15) is 12.5 Å². The molecule has 0 N–H and O–H groups in total. The van der Waals surface area contributed by atoms with Gasteiger partial charge < -0.3 is 14.2 Å². The molecule has 0 fully saturated rings. The minimum absolute atomic E-state index is 0.200. The van der Waals surface area contributed by atoms with E-state index in [2.05, 4.69) is 9.84 Å². The molecular weight excluding hydrogens is 360 g/mol. The third-order valence-electron chi connectivity index (χ3n) is 4.14. The number of carbonyl (C=O) groups excluding carboxylic acids is 2. The van der Waals surface area contributed by atoms with E-state index in [1.165, 1.54) is 19.2 Å². The van der Waals surface area contributed by atoms with Gasteiger partial charge in [0.15, 0.2) is 18.1 Å². The third-order valence-corrected chi connectivity index (χ3v) is 4.14. The summed E-state index contributed by atoms with van der Waals surface area (Å²) in [6, 6.07) is 14.4. The fourth-order valence-corrected chi connectivity index (χ4v) is 2.68.